The molecule has 0 saturated carbocycles. The number of hydrogen-bond acceptors (Lipinski definition) is 4. The van der Waals surface area contributed by atoms with E-state index in [0.717, 1.165) is 56.9 Å². The van der Waals surface area contributed by atoms with E-state index in [1.807, 2.05) is 0 Å². The lowest BCUT2D eigenvalue weighted by atomic mass is 10.0. The van der Waals surface area contributed by atoms with Crippen LogP contribution in [0.25, 0.3) is 0 Å². The number of ether oxygens (including phenoxy) is 1. The first-order valence-corrected chi connectivity index (χ1v) is 9.77. The Labute approximate surface area is 158 Å². The van der Waals surface area contributed by atoms with E-state index in [1.165, 1.54) is 23.4 Å². The maximum absolute atomic E-state index is 13.5. The van der Waals surface area contributed by atoms with Gasteiger partial charge in [-0.3, -0.25) is 9.69 Å². The van der Waals surface area contributed by atoms with Crippen LogP contribution < -0.4 is 9.64 Å². The molecule has 1 unspecified atom stereocenters. The molecule has 0 amide bonds. The van der Waals surface area contributed by atoms with Gasteiger partial charge in [0.05, 0.1) is 18.3 Å². The van der Waals surface area contributed by atoms with Crippen LogP contribution in [0.3, 0.4) is 0 Å². The van der Waals surface area contributed by atoms with Gasteiger partial charge in [-0.25, -0.2) is 4.39 Å². The molecule has 1 atom stereocenters. The topological polar surface area (TPSA) is 32.8 Å². The summed E-state index contributed by atoms with van der Waals surface area (Å²) in [6.07, 6.45) is 2.78. The van der Waals surface area contributed by atoms with Gasteiger partial charge >= 0.3 is 0 Å². The van der Waals surface area contributed by atoms with Gasteiger partial charge in [-0.05, 0) is 54.7 Å². The average Bonchev–Trinajstić information content (AvgIpc) is 3.03. The Hall–Kier alpha value is -2.40. The van der Waals surface area contributed by atoms with Gasteiger partial charge in [-0.2, -0.15) is 0 Å². The number of aryl methyl sites for hydroxylation is 1. The minimum absolute atomic E-state index is 0.138. The van der Waals surface area contributed by atoms with Crippen LogP contribution in [0.5, 0.6) is 5.75 Å². The summed E-state index contributed by atoms with van der Waals surface area (Å²) in [5.41, 5.74) is 4.01. The number of anilines is 1. The summed E-state index contributed by atoms with van der Waals surface area (Å²) in [6.45, 7) is 4.19. The van der Waals surface area contributed by atoms with Gasteiger partial charge in [0.25, 0.3) is 0 Å². The molecule has 2 heterocycles. The number of piperazine rings is 1. The van der Waals surface area contributed by atoms with Crippen LogP contribution in [-0.4, -0.2) is 49.5 Å². The molecule has 5 rings (SSSR count). The molecule has 1 saturated heterocycles. The molecule has 0 radical (unpaired) electrons. The van der Waals surface area contributed by atoms with Crippen LogP contribution in [0.2, 0.25) is 0 Å². The second-order valence-electron chi connectivity index (χ2n) is 7.63. The number of carbonyl (C=O) groups is 1. The molecule has 2 aliphatic heterocycles. The predicted molar refractivity (Wildman–Crippen MR) is 102 cm³/mol. The fourth-order valence-electron chi connectivity index (χ4n) is 4.64. The third-order valence-corrected chi connectivity index (χ3v) is 6.06. The van der Waals surface area contributed by atoms with Crippen LogP contribution in [0, 0.1) is 5.82 Å². The molecule has 0 aromatic heterocycles. The number of ketones is 1. The van der Waals surface area contributed by atoms with Crippen molar-refractivity contribution in [3.8, 4) is 5.75 Å². The number of hydrogen-bond donors (Lipinski definition) is 0. The molecule has 1 aliphatic carbocycles. The minimum Gasteiger partial charge on any atom is -0.491 e. The first-order valence-electron chi connectivity index (χ1n) is 9.77. The molecule has 1 fully saturated rings. The molecule has 3 aliphatic rings. The SMILES string of the molecule is O=C1c2ccc(F)cc2CC1N1CCN(c2cccc3c2OCCC3)CC1. The lowest BCUT2D eigenvalue weighted by molar-refractivity contribution is 0.0833. The highest BCUT2D eigenvalue weighted by Gasteiger charge is 2.36. The first kappa shape index (κ1) is 16.8. The lowest BCUT2D eigenvalue weighted by Gasteiger charge is -2.39. The van der Waals surface area contributed by atoms with E-state index in [-0.39, 0.29) is 17.6 Å². The summed E-state index contributed by atoms with van der Waals surface area (Å²) in [4.78, 5) is 17.4. The summed E-state index contributed by atoms with van der Waals surface area (Å²) in [6, 6.07) is 10.8. The zero-order chi connectivity index (χ0) is 18.4. The van der Waals surface area contributed by atoms with Crippen molar-refractivity contribution in [1.82, 2.24) is 4.90 Å². The molecule has 140 valence electrons. The monoisotopic (exact) mass is 366 g/mol. The number of benzene rings is 2. The zero-order valence-corrected chi connectivity index (χ0v) is 15.3. The molecule has 27 heavy (non-hydrogen) atoms. The van der Waals surface area contributed by atoms with Crippen LogP contribution in [0.15, 0.2) is 36.4 Å². The second-order valence-corrected chi connectivity index (χ2v) is 7.63. The summed E-state index contributed by atoms with van der Waals surface area (Å²) in [5.74, 6) is 0.914. The number of carbonyl (C=O) groups excluding carboxylic acids is 1. The Morgan fingerprint density at radius 2 is 1.89 bits per heavy atom. The predicted octanol–water partition coefficient (Wildman–Crippen LogP) is 3.08. The van der Waals surface area contributed by atoms with Gasteiger partial charge in [-0.15, -0.1) is 0 Å². The number of Topliss-reactive ketones (excluding diaryl/α,β-unsaturated/α-hetero) is 1. The lowest BCUT2D eigenvalue weighted by Crippen LogP contribution is -2.52. The zero-order valence-electron chi connectivity index (χ0n) is 15.3. The fraction of sp³-hybridized carbons (Fsp3) is 0.409. The summed E-state index contributed by atoms with van der Waals surface area (Å²) < 4.78 is 19.5. The van der Waals surface area contributed by atoms with Gasteiger partial charge < -0.3 is 9.64 Å². The Morgan fingerprint density at radius 1 is 1.04 bits per heavy atom. The Kier molecular flexibility index (Phi) is 4.12. The Bertz CT molecular complexity index is 890. The third kappa shape index (κ3) is 2.90. The van der Waals surface area contributed by atoms with Gasteiger partial charge in [-0.1, -0.05) is 12.1 Å². The smallest absolute Gasteiger partial charge is 0.180 e. The van der Waals surface area contributed by atoms with E-state index in [1.54, 1.807) is 6.07 Å². The van der Waals surface area contributed by atoms with Gasteiger partial charge in [0.2, 0.25) is 0 Å². The van der Waals surface area contributed by atoms with E-state index in [9.17, 15) is 9.18 Å². The standard InChI is InChI=1S/C22H23FN2O2/c23-17-6-7-18-16(13-17)14-20(21(18)26)25-10-8-24(9-11-25)19-5-1-3-15-4-2-12-27-22(15)19/h1,3,5-7,13,20H,2,4,8-12,14H2. The first-order chi connectivity index (χ1) is 13.2. The van der Waals surface area contributed by atoms with Crippen molar-refractivity contribution in [2.24, 2.45) is 0 Å². The third-order valence-electron chi connectivity index (χ3n) is 6.06. The van der Waals surface area contributed by atoms with Gasteiger partial charge in [0.15, 0.2) is 5.78 Å². The molecule has 5 heteroatoms. The van der Waals surface area contributed by atoms with Crippen molar-refractivity contribution in [3.05, 3.63) is 58.9 Å². The number of halogens is 1. The van der Waals surface area contributed by atoms with Crippen LogP contribution in [-0.2, 0) is 12.8 Å². The van der Waals surface area contributed by atoms with Gasteiger partial charge in [0, 0.05) is 31.7 Å². The number of nitrogens with zero attached hydrogens (tertiary/aromatic N) is 2. The van der Waals surface area contributed by atoms with Crippen molar-refractivity contribution in [3.63, 3.8) is 0 Å². The Morgan fingerprint density at radius 3 is 2.74 bits per heavy atom. The number of para-hydroxylation sites is 1. The minimum atomic E-state index is -0.263. The quantitative estimate of drug-likeness (QED) is 0.818. The van der Waals surface area contributed by atoms with Crippen molar-refractivity contribution in [1.29, 1.82) is 0 Å². The maximum Gasteiger partial charge on any atom is 0.180 e. The van der Waals surface area contributed by atoms with Crippen LogP contribution >= 0.6 is 0 Å². The molecular formula is C22H23FN2O2. The molecular weight excluding hydrogens is 343 g/mol. The highest BCUT2D eigenvalue weighted by molar-refractivity contribution is 6.04. The van der Waals surface area contributed by atoms with Crippen molar-refractivity contribution < 1.29 is 13.9 Å². The summed E-state index contributed by atoms with van der Waals surface area (Å²) >= 11 is 0. The highest BCUT2D eigenvalue weighted by atomic mass is 19.1. The molecule has 0 N–H and O–H groups in total. The second kappa shape index (κ2) is 6.64. The van der Waals surface area contributed by atoms with Crippen molar-refractivity contribution in [2.75, 3.05) is 37.7 Å². The molecule has 2 aromatic rings. The largest absolute Gasteiger partial charge is 0.491 e. The fourth-order valence-corrected chi connectivity index (χ4v) is 4.64. The molecule has 2 aromatic carbocycles. The van der Waals surface area contributed by atoms with Crippen molar-refractivity contribution in [2.45, 2.75) is 25.3 Å². The summed E-state index contributed by atoms with van der Waals surface area (Å²) in [7, 11) is 0. The average molecular weight is 366 g/mol. The van der Waals surface area contributed by atoms with E-state index in [0.29, 0.717) is 12.0 Å². The van der Waals surface area contributed by atoms with E-state index < -0.39 is 0 Å². The van der Waals surface area contributed by atoms with Gasteiger partial charge in [0.1, 0.15) is 11.6 Å². The van der Waals surface area contributed by atoms with E-state index in [2.05, 4.69) is 28.0 Å². The van der Waals surface area contributed by atoms with E-state index in [4.69, 9.17) is 4.74 Å². The highest BCUT2D eigenvalue weighted by Crippen LogP contribution is 2.36. The summed E-state index contributed by atoms with van der Waals surface area (Å²) in [5, 5.41) is 0. The maximum atomic E-state index is 13.5. The normalized spacial score (nSPS) is 22.3. The van der Waals surface area contributed by atoms with Crippen LogP contribution in [0.4, 0.5) is 10.1 Å². The Balaban J connectivity index is 1.30. The number of rotatable bonds is 2. The van der Waals surface area contributed by atoms with Crippen molar-refractivity contribution >= 4 is 11.5 Å². The van der Waals surface area contributed by atoms with E-state index >= 15 is 0 Å². The number of fused-ring (bicyclic) bond motifs is 2. The molecule has 0 bridgehead atoms. The molecule has 4 nitrogen and oxygen atoms in total. The van der Waals surface area contributed by atoms with Crippen LogP contribution in [0.1, 0.15) is 27.9 Å². The molecule has 0 spiro atoms.